The van der Waals surface area contributed by atoms with E-state index in [-0.39, 0.29) is 127 Å². The fourth-order valence-corrected chi connectivity index (χ4v) is 17.4. The van der Waals surface area contributed by atoms with Crippen molar-refractivity contribution in [3.8, 4) is 22.7 Å². The second kappa shape index (κ2) is 42.5. The lowest BCUT2D eigenvalue weighted by Gasteiger charge is -2.36. The van der Waals surface area contributed by atoms with E-state index < -0.39 is 134 Å². The van der Waals surface area contributed by atoms with Crippen molar-refractivity contribution >= 4 is 58.9 Å². The molecule has 740 valence electrons. The molecule has 138 heavy (non-hydrogen) atoms. The molecule has 35 nitrogen and oxygen atoms in total. The van der Waals surface area contributed by atoms with Gasteiger partial charge in [-0.25, -0.2) is 53.9 Å². The van der Waals surface area contributed by atoms with E-state index in [9.17, 15) is 88.2 Å². The number of likely N-dealkylation sites (tertiary alicyclic amines) is 2. The third-order valence-electron chi connectivity index (χ3n) is 24.6. The van der Waals surface area contributed by atoms with Crippen LogP contribution in [0.2, 0.25) is 0 Å². The normalized spacial score (nSPS) is 17.3. The number of ether oxygens (including phenoxy) is 4. The number of aryl methyl sites for hydroxylation is 2. The molecule has 9 aromatic rings. The fourth-order valence-electron chi connectivity index (χ4n) is 17.4. The van der Waals surface area contributed by atoms with Gasteiger partial charge in [0.2, 0.25) is 41.3 Å². The minimum absolute atomic E-state index is 0.0120. The van der Waals surface area contributed by atoms with Gasteiger partial charge in [-0.3, -0.25) is 47.9 Å². The molecule has 0 bridgehead atoms. The van der Waals surface area contributed by atoms with E-state index in [1.165, 1.54) is 34.6 Å². The molecule has 16 rings (SSSR count). The van der Waals surface area contributed by atoms with Crippen molar-refractivity contribution in [3.63, 3.8) is 0 Å². The highest BCUT2D eigenvalue weighted by molar-refractivity contribution is 6.01. The van der Waals surface area contributed by atoms with Crippen molar-refractivity contribution in [1.29, 1.82) is 0 Å². The first-order valence-corrected chi connectivity index (χ1v) is 45.4. The third-order valence-corrected chi connectivity index (χ3v) is 24.6. The zero-order valence-corrected chi connectivity index (χ0v) is 78.8. The van der Waals surface area contributed by atoms with Gasteiger partial charge in [0.1, 0.15) is 76.1 Å². The highest BCUT2D eigenvalue weighted by Gasteiger charge is 2.46. The Morgan fingerprint density at radius 1 is 0.471 bits per heavy atom. The molecule has 0 aliphatic carbocycles. The molecule has 5 aromatic heterocycles. The molecule has 3 fully saturated rings. The highest BCUT2D eigenvalue weighted by atomic mass is 19.2. The number of rotatable bonds is 21. The topological polar surface area (TPSA) is 434 Å². The molecule has 0 spiro atoms. The van der Waals surface area contributed by atoms with Crippen LogP contribution in [0.5, 0.6) is 0 Å². The first-order valence-electron chi connectivity index (χ1n) is 45.4. The number of nitrogens with zero attached hydrogens (tertiary/aromatic N) is 13. The summed E-state index contributed by atoms with van der Waals surface area (Å²) in [4.78, 5) is 135. The minimum Gasteiger partial charge on any atom is -0.426 e. The Morgan fingerprint density at radius 3 is 1.23 bits per heavy atom. The first kappa shape index (κ1) is 102. The Hall–Kier alpha value is -13.0. The summed E-state index contributed by atoms with van der Waals surface area (Å²) in [5.74, 6) is -9.68. The zero-order valence-electron chi connectivity index (χ0n) is 78.8. The van der Waals surface area contributed by atoms with Crippen LogP contribution in [0.4, 0.5) is 35.1 Å². The second-order valence-corrected chi connectivity index (χ2v) is 38.8. The highest BCUT2D eigenvalue weighted by Crippen LogP contribution is 2.36. The predicted molar refractivity (Wildman–Crippen MR) is 478 cm³/mol. The maximum atomic E-state index is 14.5. The lowest BCUT2D eigenvalue weighted by molar-refractivity contribution is -0.141. The largest absolute Gasteiger partial charge is 0.426 e. The van der Waals surface area contributed by atoms with E-state index >= 15 is 0 Å². The summed E-state index contributed by atoms with van der Waals surface area (Å²) >= 11 is 0. The quantitative estimate of drug-likeness (QED) is 0.0330. The van der Waals surface area contributed by atoms with E-state index in [4.69, 9.17) is 29.1 Å². The van der Waals surface area contributed by atoms with Crippen LogP contribution in [0.25, 0.3) is 22.7 Å². The van der Waals surface area contributed by atoms with Crippen LogP contribution in [0.3, 0.4) is 0 Å². The number of aliphatic hydroxyl groups excluding tert-OH is 1. The number of ketones is 1. The van der Waals surface area contributed by atoms with Gasteiger partial charge in [0.25, 0.3) is 23.6 Å². The van der Waals surface area contributed by atoms with Gasteiger partial charge in [-0.05, 0) is 95.9 Å². The number of carbonyl (C=O) groups is 10. The van der Waals surface area contributed by atoms with Crippen molar-refractivity contribution in [1.82, 2.24) is 90.6 Å². The molecule has 8 N–H and O–H groups in total. The van der Waals surface area contributed by atoms with Crippen LogP contribution >= 0.6 is 0 Å². The molecule has 4 aromatic carbocycles. The Morgan fingerprint density at radius 2 is 0.848 bits per heavy atom. The van der Waals surface area contributed by atoms with Crippen molar-refractivity contribution in [2.45, 2.75) is 217 Å². The summed E-state index contributed by atoms with van der Waals surface area (Å²) in [7, 11) is 0. The summed E-state index contributed by atoms with van der Waals surface area (Å²) in [5, 5.41) is 48.5. The summed E-state index contributed by atoms with van der Waals surface area (Å²) < 4.78 is 145. The Labute approximate surface area is 789 Å². The van der Waals surface area contributed by atoms with Gasteiger partial charge in [-0.1, -0.05) is 83.1 Å². The number of primary amides is 1. The van der Waals surface area contributed by atoms with Crippen LogP contribution in [0, 0.1) is 75.1 Å². The minimum atomic E-state index is -1.03. The van der Waals surface area contributed by atoms with Crippen LogP contribution in [0.15, 0.2) is 77.2 Å². The summed E-state index contributed by atoms with van der Waals surface area (Å²) in [5.41, 5.74) is 7.21. The molecular formula is C95H113F8N19O16. The number of piperazine rings is 1. The molecule has 7 aliphatic rings. The van der Waals surface area contributed by atoms with Crippen molar-refractivity contribution in [3.05, 3.63) is 199 Å². The van der Waals surface area contributed by atoms with E-state index in [0.717, 1.165) is 73.2 Å². The van der Waals surface area contributed by atoms with Crippen molar-refractivity contribution in [2.24, 2.45) is 27.4 Å². The number of Topliss-reactive ketones (excluding diaryl/α,β-unsaturated/α-hetero) is 1. The number of benzene rings is 4. The standard InChI is InChI=1S/C24H27F2N5O4.C24H29F2N5O4.C24H30F2N4O4.C23H27F2N5O4/c1-13-28-29-20(35-13)8-7-19(32)22(24(2,3)4)27-23(33)21-15-12-34-10-9-17(15)31(30-21)18-11-14(25)5-6-16(18)26;1-24(2,3)20(23(34)30-9-4-5-18(30)21(27)32)28-22(33)19-14-12-35-10-8-17(14)31(29-19)13-6-7-15(25)16(26)11-13;1-24(2,3)21(23(33)29-9-4-5-15(29)12-31)27-22(32)20-16-13-34-10-8-18(16)30(28-20)19-11-14(25)6-7-17(19)26;1-23(2,3)20(22(33)29-8-7-26-18(31)11-29)27-21(32)19-14-12-34-9-6-16(14)30(28-19)17-10-13(24)4-5-15(17)25/h5-6,11,22H,7-10,12H2,1-4H3,(H,27,33);6-7,11,18,20H,4-5,8-10,12H2,1-3H3,(H2,27,32)(H,28,33);6-7,11,15,21,31H,4-5,8-10,12-13H2,1-3H3,(H,27,32);4-5,10,20H,6-9,11-12H2,1-3H3,(H,26,31)(H,27,32)/t22-;18-,20+;15-,21+;20-/m1001/s1. The monoisotopic (exact) mass is 1930 g/mol. The molecule has 43 heteroatoms. The molecule has 0 unspecified atom stereocenters. The number of aromatic nitrogens is 10. The number of amides is 9. The number of hydrogen-bond acceptors (Lipinski definition) is 22. The molecule has 12 heterocycles. The second-order valence-electron chi connectivity index (χ2n) is 38.8. The van der Waals surface area contributed by atoms with Gasteiger partial charge in [0, 0.05) is 118 Å². The number of fused-ring (bicyclic) bond motifs is 4. The van der Waals surface area contributed by atoms with Crippen LogP contribution in [-0.2, 0) is 106 Å². The maximum absolute atomic E-state index is 14.5. The Bertz CT molecular complexity index is 6120. The molecule has 0 saturated carbocycles. The Kier molecular flexibility index (Phi) is 31.6. The SMILES string of the molecule is CC(C)(C)[C@H](NC(=O)c1nn(-c2cc(F)ccc2F)c2c1COCC2)C(=O)N1CCC[C@H]1CO.CC(C)(C)[C@H](NC(=O)c1nn(-c2cc(F)ccc2F)c2c1COCC2)C(=O)N1CCNC(=O)C1.CC(C)(C)[C@H](NC(=O)c1nn(-c2ccc(F)c(F)c2)c2c1COCC2)C(=O)N1CCC[C@H]1C(N)=O.Cc1nnc(CCC(=O)[C@@H](NC(=O)c2nn(-c3cc(F)ccc3F)c3c2COCC3)C(C)(C)C)o1. The number of halogens is 8. The van der Waals surface area contributed by atoms with E-state index in [1.807, 2.05) is 62.3 Å². The molecule has 0 radical (unpaired) electrons. The van der Waals surface area contributed by atoms with Gasteiger partial charge in [-0.2, -0.15) is 20.4 Å². The van der Waals surface area contributed by atoms with Crippen LogP contribution in [-0.4, -0.2) is 230 Å². The zero-order chi connectivity index (χ0) is 100. The smallest absolute Gasteiger partial charge is 0.272 e. The molecule has 7 aliphatic heterocycles. The molecule has 9 amide bonds. The number of carbonyl (C=O) groups excluding carboxylic acids is 10. The number of aliphatic hydroxyl groups is 1. The van der Waals surface area contributed by atoms with Crippen LogP contribution in [0.1, 0.15) is 214 Å². The number of nitrogens with two attached hydrogens (primary N) is 1. The molecule has 6 atom stereocenters. The maximum Gasteiger partial charge on any atom is 0.272 e. The van der Waals surface area contributed by atoms with Crippen molar-refractivity contribution < 1.29 is 112 Å². The van der Waals surface area contributed by atoms with Gasteiger partial charge < -0.3 is 75.5 Å². The number of hydrogen-bond donors (Lipinski definition) is 7. The Balaban J connectivity index is 0.000000155. The lowest BCUT2D eigenvalue weighted by atomic mass is 9.82. The average Bonchev–Trinajstić information content (AvgIpc) is 1.63. The van der Waals surface area contributed by atoms with E-state index in [0.29, 0.717) is 154 Å². The summed E-state index contributed by atoms with van der Waals surface area (Å²) in [6.45, 7) is 26.7. The van der Waals surface area contributed by atoms with Crippen molar-refractivity contribution in [2.75, 3.05) is 65.8 Å². The molecular weight excluding hydrogens is 1820 g/mol. The average molecular weight is 1930 g/mol. The third kappa shape index (κ3) is 23.2. The lowest BCUT2D eigenvalue weighted by Crippen LogP contribution is -2.59. The fraction of sp³-hybridized carbons (Fsp3) is 0.495. The van der Waals surface area contributed by atoms with Crippen LogP contribution < -0.4 is 32.3 Å². The van der Waals surface area contributed by atoms with Gasteiger partial charge in [-0.15, -0.1) is 10.2 Å². The van der Waals surface area contributed by atoms with Gasteiger partial charge in [0.15, 0.2) is 40.2 Å². The first-order chi connectivity index (χ1) is 65.2. The number of nitrogens with one attached hydrogen (secondary N) is 5. The van der Waals surface area contributed by atoms with E-state index in [1.54, 1.807) is 32.6 Å². The van der Waals surface area contributed by atoms with E-state index in [2.05, 4.69) is 57.2 Å². The molecule has 3 saturated heterocycles. The van der Waals surface area contributed by atoms with Gasteiger partial charge >= 0.3 is 0 Å². The summed E-state index contributed by atoms with van der Waals surface area (Å²) in [6.07, 6.45) is 4.49. The summed E-state index contributed by atoms with van der Waals surface area (Å²) in [6, 6.07) is 7.94. The van der Waals surface area contributed by atoms with Gasteiger partial charge in [0.05, 0.1) is 107 Å². The predicted octanol–water partition coefficient (Wildman–Crippen LogP) is 8.78.